The van der Waals surface area contributed by atoms with Crippen molar-refractivity contribution in [1.29, 1.82) is 0 Å². The standard InChI is InChI=1S/C8H17NO/c1-7(2,9-4)8(3)5-10-6-8/h9H,5-6H2,1-4H3. The van der Waals surface area contributed by atoms with Crippen molar-refractivity contribution in [2.75, 3.05) is 20.3 Å². The van der Waals surface area contributed by atoms with E-state index in [4.69, 9.17) is 4.74 Å². The molecule has 1 rings (SSSR count). The highest BCUT2D eigenvalue weighted by atomic mass is 16.5. The summed E-state index contributed by atoms with van der Waals surface area (Å²) in [4.78, 5) is 0. The molecule has 0 atom stereocenters. The van der Waals surface area contributed by atoms with E-state index < -0.39 is 0 Å². The van der Waals surface area contributed by atoms with Crippen LogP contribution in [0.1, 0.15) is 20.8 Å². The van der Waals surface area contributed by atoms with Crippen LogP contribution in [0.3, 0.4) is 0 Å². The van der Waals surface area contributed by atoms with Crippen LogP contribution < -0.4 is 5.32 Å². The quantitative estimate of drug-likeness (QED) is 0.623. The Kier molecular flexibility index (Phi) is 1.77. The lowest BCUT2D eigenvalue weighted by Crippen LogP contribution is -2.60. The first-order valence-corrected chi connectivity index (χ1v) is 3.78. The summed E-state index contributed by atoms with van der Waals surface area (Å²) in [6, 6.07) is 0. The molecule has 0 spiro atoms. The van der Waals surface area contributed by atoms with Gasteiger partial charge >= 0.3 is 0 Å². The van der Waals surface area contributed by atoms with Crippen LogP contribution in [0.25, 0.3) is 0 Å². The van der Waals surface area contributed by atoms with Gasteiger partial charge in [-0.15, -0.1) is 0 Å². The molecule has 0 bridgehead atoms. The molecule has 2 heteroatoms. The molecule has 0 aromatic carbocycles. The van der Waals surface area contributed by atoms with Gasteiger partial charge in [-0.3, -0.25) is 0 Å². The normalized spacial score (nSPS) is 24.0. The zero-order chi connectivity index (χ0) is 7.83. The lowest BCUT2D eigenvalue weighted by molar-refractivity contribution is -0.142. The molecule has 1 N–H and O–H groups in total. The van der Waals surface area contributed by atoms with E-state index in [1.807, 2.05) is 7.05 Å². The molecule has 1 aliphatic heterocycles. The Hall–Kier alpha value is -0.0800. The second-order valence-corrected chi connectivity index (χ2v) is 3.93. The molecule has 0 aromatic heterocycles. The Morgan fingerprint density at radius 1 is 1.40 bits per heavy atom. The van der Waals surface area contributed by atoms with E-state index in [0.29, 0.717) is 5.41 Å². The van der Waals surface area contributed by atoms with Crippen LogP contribution in [0, 0.1) is 5.41 Å². The highest BCUT2D eigenvalue weighted by molar-refractivity contribution is 4.99. The van der Waals surface area contributed by atoms with Gasteiger partial charge in [-0.2, -0.15) is 0 Å². The number of hydrogen-bond donors (Lipinski definition) is 1. The van der Waals surface area contributed by atoms with Gasteiger partial charge in [0, 0.05) is 11.0 Å². The van der Waals surface area contributed by atoms with Crippen LogP contribution >= 0.6 is 0 Å². The molecule has 60 valence electrons. The third kappa shape index (κ3) is 0.956. The minimum atomic E-state index is 0.200. The van der Waals surface area contributed by atoms with Gasteiger partial charge in [0.1, 0.15) is 0 Å². The zero-order valence-electron chi connectivity index (χ0n) is 7.32. The summed E-state index contributed by atoms with van der Waals surface area (Å²) < 4.78 is 5.19. The minimum absolute atomic E-state index is 0.200. The van der Waals surface area contributed by atoms with Crippen LogP contribution in [-0.2, 0) is 4.74 Å². The smallest absolute Gasteiger partial charge is 0.0559 e. The van der Waals surface area contributed by atoms with Crippen molar-refractivity contribution in [1.82, 2.24) is 5.32 Å². The van der Waals surface area contributed by atoms with Gasteiger partial charge in [-0.25, -0.2) is 0 Å². The van der Waals surface area contributed by atoms with E-state index in [9.17, 15) is 0 Å². The fourth-order valence-electron chi connectivity index (χ4n) is 1.07. The molecule has 1 aliphatic rings. The largest absolute Gasteiger partial charge is 0.380 e. The average Bonchev–Trinajstić information content (AvgIpc) is 1.82. The lowest BCUT2D eigenvalue weighted by Gasteiger charge is -2.50. The van der Waals surface area contributed by atoms with Gasteiger partial charge in [0.25, 0.3) is 0 Å². The molecule has 1 fully saturated rings. The third-order valence-corrected chi connectivity index (χ3v) is 2.98. The Bertz CT molecular complexity index is 118. The van der Waals surface area contributed by atoms with E-state index in [2.05, 4.69) is 26.1 Å². The maximum absolute atomic E-state index is 5.19. The Labute approximate surface area is 63.0 Å². The van der Waals surface area contributed by atoms with Gasteiger partial charge in [0.2, 0.25) is 0 Å². The third-order valence-electron chi connectivity index (χ3n) is 2.98. The van der Waals surface area contributed by atoms with Crippen LogP contribution in [-0.4, -0.2) is 25.8 Å². The van der Waals surface area contributed by atoms with Gasteiger partial charge in [-0.1, -0.05) is 6.92 Å². The summed E-state index contributed by atoms with van der Waals surface area (Å²) in [7, 11) is 2.00. The van der Waals surface area contributed by atoms with E-state index in [1.54, 1.807) is 0 Å². The van der Waals surface area contributed by atoms with Crippen LogP contribution in [0.5, 0.6) is 0 Å². The molecule has 0 unspecified atom stereocenters. The van der Waals surface area contributed by atoms with Crippen molar-refractivity contribution < 1.29 is 4.74 Å². The molecule has 10 heavy (non-hydrogen) atoms. The predicted molar refractivity (Wildman–Crippen MR) is 42.1 cm³/mol. The van der Waals surface area contributed by atoms with Gasteiger partial charge in [0.15, 0.2) is 0 Å². The van der Waals surface area contributed by atoms with Crippen LogP contribution in [0.4, 0.5) is 0 Å². The second kappa shape index (κ2) is 2.21. The number of hydrogen-bond acceptors (Lipinski definition) is 2. The summed E-state index contributed by atoms with van der Waals surface area (Å²) in [5.74, 6) is 0. The fourth-order valence-corrected chi connectivity index (χ4v) is 1.07. The summed E-state index contributed by atoms with van der Waals surface area (Å²) >= 11 is 0. The number of rotatable bonds is 2. The van der Waals surface area contributed by atoms with Crippen molar-refractivity contribution >= 4 is 0 Å². The molecular weight excluding hydrogens is 126 g/mol. The van der Waals surface area contributed by atoms with Crippen molar-refractivity contribution in [2.45, 2.75) is 26.3 Å². The van der Waals surface area contributed by atoms with E-state index in [0.717, 1.165) is 13.2 Å². The van der Waals surface area contributed by atoms with Gasteiger partial charge < -0.3 is 10.1 Å². The predicted octanol–water partition coefficient (Wildman–Crippen LogP) is 1.02. The molecule has 0 aromatic rings. The lowest BCUT2D eigenvalue weighted by atomic mass is 9.71. The highest BCUT2D eigenvalue weighted by Gasteiger charge is 2.45. The highest BCUT2D eigenvalue weighted by Crippen LogP contribution is 2.37. The van der Waals surface area contributed by atoms with Gasteiger partial charge in [0.05, 0.1) is 13.2 Å². The van der Waals surface area contributed by atoms with E-state index >= 15 is 0 Å². The maximum Gasteiger partial charge on any atom is 0.0559 e. The molecule has 1 heterocycles. The van der Waals surface area contributed by atoms with E-state index in [1.165, 1.54) is 0 Å². The summed E-state index contributed by atoms with van der Waals surface area (Å²) in [6.07, 6.45) is 0. The molecule has 1 saturated heterocycles. The van der Waals surface area contributed by atoms with Crippen molar-refractivity contribution in [3.8, 4) is 0 Å². The van der Waals surface area contributed by atoms with Crippen LogP contribution in [0.15, 0.2) is 0 Å². The first-order chi connectivity index (χ1) is 4.52. The van der Waals surface area contributed by atoms with Crippen LogP contribution in [0.2, 0.25) is 0 Å². The molecule has 2 nitrogen and oxygen atoms in total. The number of ether oxygens (including phenoxy) is 1. The summed E-state index contributed by atoms with van der Waals surface area (Å²) in [6.45, 7) is 8.47. The van der Waals surface area contributed by atoms with E-state index in [-0.39, 0.29) is 5.54 Å². The minimum Gasteiger partial charge on any atom is -0.380 e. The molecule has 0 amide bonds. The maximum atomic E-state index is 5.19. The van der Waals surface area contributed by atoms with Crippen molar-refractivity contribution in [3.05, 3.63) is 0 Å². The molecule has 0 radical (unpaired) electrons. The summed E-state index contributed by atoms with van der Waals surface area (Å²) in [5.41, 5.74) is 0.535. The Morgan fingerprint density at radius 2 is 1.90 bits per heavy atom. The fraction of sp³-hybridized carbons (Fsp3) is 1.00. The van der Waals surface area contributed by atoms with Crippen molar-refractivity contribution in [2.24, 2.45) is 5.41 Å². The van der Waals surface area contributed by atoms with Gasteiger partial charge in [-0.05, 0) is 20.9 Å². The number of nitrogens with one attached hydrogen (secondary N) is 1. The molecule has 0 aliphatic carbocycles. The molecule has 0 saturated carbocycles. The average molecular weight is 143 g/mol. The first kappa shape index (κ1) is 8.02. The zero-order valence-corrected chi connectivity index (χ0v) is 7.32. The van der Waals surface area contributed by atoms with Crippen molar-refractivity contribution in [3.63, 3.8) is 0 Å². The SMILES string of the molecule is CNC(C)(C)C1(C)COC1. The topological polar surface area (TPSA) is 21.3 Å². The molecular formula is C8H17NO. The Morgan fingerprint density at radius 3 is 2.00 bits per heavy atom. The Balaban J connectivity index is 2.61. The first-order valence-electron chi connectivity index (χ1n) is 3.78. The summed E-state index contributed by atoms with van der Waals surface area (Å²) in [5, 5.41) is 3.30. The second-order valence-electron chi connectivity index (χ2n) is 3.93. The monoisotopic (exact) mass is 143 g/mol.